The van der Waals surface area contributed by atoms with Crippen molar-refractivity contribution in [1.82, 2.24) is 9.55 Å². The van der Waals surface area contributed by atoms with E-state index in [9.17, 15) is 4.79 Å². The van der Waals surface area contributed by atoms with Crippen LogP contribution in [0.25, 0.3) is 0 Å². The minimum absolute atomic E-state index is 0.169. The van der Waals surface area contributed by atoms with Crippen LogP contribution in [0.15, 0.2) is 66.1 Å². The van der Waals surface area contributed by atoms with Gasteiger partial charge in [0.2, 0.25) is 5.91 Å². The number of amides is 1. The smallest absolute Gasteiger partial charge is 0.242 e. The molecule has 128 valence electrons. The zero-order valence-electron chi connectivity index (χ0n) is 13.3. The van der Waals surface area contributed by atoms with Crippen molar-refractivity contribution in [3.63, 3.8) is 0 Å². The number of aromatic nitrogens is 2. The van der Waals surface area contributed by atoms with Gasteiger partial charge in [-0.15, -0.1) is 0 Å². The number of nitrogens with zero attached hydrogens (tertiary/aromatic N) is 2. The molecule has 0 spiro atoms. The van der Waals surface area contributed by atoms with Crippen molar-refractivity contribution >= 4 is 46.6 Å². The van der Waals surface area contributed by atoms with Crippen LogP contribution in [0.3, 0.4) is 0 Å². The van der Waals surface area contributed by atoms with Crippen LogP contribution < -0.4 is 5.32 Å². The summed E-state index contributed by atoms with van der Waals surface area (Å²) in [6.45, 7) is 0. The van der Waals surface area contributed by atoms with E-state index in [0.29, 0.717) is 15.7 Å². The number of carbonyl (C=O) groups excluding carboxylic acids is 1. The second-order valence-electron chi connectivity index (χ2n) is 5.38. The van der Waals surface area contributed by atoms with Crippen LogP contribution in [-0.4, -0.2) is 15.5 Å². The molecule has 1 N–H and O–H groups in total. The molecule has 7 heteroatoms. The molecule has 2 aromatic carbocycles. The lowest BCUT2D eigenvalue weighted by atomic mass is 10.1. The fourth-order valence-electron chi connectivity index (χ4n) is 2.31. The summed E-state index contributed by atoms with van der Waals surface area (Å²) in [6.07, 6.45) is 3.55. The second kappa shape index (κ2) is 7.95. The Morgan fingerprint density at radius 1 is 1.16 bits per heavy atom. The number of anilines is 1. The SMILES string of the molecule is Cn1ccnc1S[C@@H](C(=O)Nc1cc(Cl)cc(Cl)c1)c1ccccc1. The zero-order chi connectivity index (χ0) is 17.8. The lowest BCUT2D eigenvalue weighted by Crippen LogP contribution is -2.19. The van der Waals surface area contributed by atoms with Gasteiger partial charge in [0.05, 0.1) is 0 Å². The molecule has 1 amide bonds. The van der Waals surface area contributed by atoms with Crippen molar-refractivity contribution in [2.75, 3.05) is 5.32 Å². The molecule has 3 rings (SSSR count). The van der Waals surface area contributed by atoms with Gasteiger partial charge in [0.1, 0.15) is 5.25 Å². The van der Waals surface area contributed by atoms with Crippen molar-refractivity contribution in [3.8, 4) is 0 Å². The Balaban J connectivity index is 1.88. The molecule has 0 saturated carbocycles. The third-order valence-electron chi connectivity index (χ3n) is 3.47. The molecule has 0 aliphatic rings. The van der Waals surface area contributed by atoms with Gasteiger partial charge in [0.25, 0.3) is 0 Å². The van der Waals surface area contributed by atoms with Crippen LogP contribution in [0.2, 0.25) is 10.0 Å². The molecule has 3 aromatic rings. The van der Waals surface area contributed by atoms with E-state index >= 15 is 0 Å². The number of thioether (sulfide) groups is 1. The number of benzene rings is 2. The average molecular weight is 392 g/mol. The Bertz CT molecular complexity index is 863. The number of halogens is 2. The second-order valence-corrected chi connectivity index (χ2v) is 7.32. The topological polar surface area (TPSA) is 46.9 Å². The van der Waals surface area contributed by atoms with Crippen LogP contribution in [0.1, 0.15) is 10.8 Å². The van der Waals surface area contributed by atoms with Crippen molar-refractivity contribution < 1.29 is 4.79 Å². The summed E-state index contributed by atoms with van der Waals surface area (Å²) >= 11 is 13.4. The lowest BCUT2D eigenvalue weighted by molar-refractivity contribution is -0.115. The predicted molar refractivity (Wildman–Crippen MR) is 103 cm³/mol. The summed E-state index contributed by atoms with van der Waals surface area (Å²) in [5, 5.41) is 4.12. The minimum atomic E-state index is -0.458. The molecule has 1 atom stereocenters. The van der Waals surface area contributed by atoms with E-state index in [-0.39, 0.29) is 5.91 Å². The average Bonchev–Trinajstić information content (AvgIpc) is 2.97. The Morgan fingerprint density at radius 2 is 1.84 bits per heavy atom. The quantitative estimate of drug-likeness (QED) is 0.607. The molecule has 4 nitrogen and oxygen atoms in total. The van der Waals surface area contributed by atoms with Crippen molar-refractivity contribution in [1.29, 1.82) is 0 Å². The first-order chi connectivity index (χ1) is 12.0. The van der Waals surface area contributed by atoms with Crippen molar-refractivity contribution in [2.24, 2.45) is 7.05 Å². The number of carbonyl (C=O) groups is 1. The minimum Gasteiger partial charge on any atom is -0.329 e. The van der Waals surface area contributed by atoms with Gasteiger partial charge in [-0.05, 0) is 23.8 Å². The fourth-order valence-corrected chi connectivity index (χ4v) is 3.85. The standard InChI is InChI=1S/C18H15Cl2N3OS/c1-23-8-7-21-18(23)25-16(12-5-3-2-4-6-12)17(24)22-15-10-13(19)9-14(20)11-15/h2-11,16H,1H3,(H,22,24)/t16-/m1/s1. The first-order valence-electron chi connectivity index (χ1n) is 7.49. The van der Waals surface area contributed by atoms with Gasteiger partial charge in [-0.25, -0.2) is 4.98 Å². The molecule has 0 aliphatic carbocycles. The number of rotatable bonds is 5. The van der Waals surface area contributed by atoms with Crippen LogP contribution in [0.4, 0.5) is 5.69 Å². The normalized spacial score (nSPS) is 12.0. The molecule has 25 heavy (non-hydrogen) atoms. The Morgan fingerprint density at radius 3 is 2.44 bits per heavy atom. The fraction of sp³-hybridized carbons (Fsp3) is 0.111. The highest BCUT2D eigenvalue weighted by Gasteiger charge is 2.24. The summed E-state index contributed by atoms with van der Waals surface area (Å²) in [7, 11) is 1.89. The van der Waals surface area contributed by atoms with E-state index in [0.717, 1.165) is 10.7 Å². The lowest BCUT2D eigenvalue weighted by Gasteiger charge is -2.17. The first-order valence-corrected chi connectivity index (χ1v) is 9.12. The Hall–Kier alpha value is -1.95. The number of nitrogens with one attached hydrogen (secondary N) is 1. The highest BCUT2D eigenvalue weighted by Crippen LogP contribution is 2.35. The Labute approximate surface area is 160 Å². The summed E-state index contributed by atoms with van der Waals surface area (Å²) < 4.78 is 1.88. The number of hydrogen-bond donors (Lipinski definition) is 1. The summed E-state index contributed by atoms with van der Waals surface area (Å²) in [4.78, 5) is 17.2. The van der Waals surface area contributed by atoms with Crippen molar-refractivity contribution in [2.45, 2.75) is 10.4 Å². The molecule has 0 aliphatic heterocycles. The van der Waals surface area contributed by atoms with Crippen LogP contribution in [0.5, 0.6) is 0 Å². The molecule has 0 bridgehead atoms. The molecular weight excluding hydrogens is 377 g/mol. The van der Waals surface area contributed by atoms with Gasteiger partial charge in [0.15, 0.2) is 5.16 Å². The largest absolute Gasteiger partial charge is 0.329 e. The Kier molecular flexibility index (Phi) is 5.68. The highest BCUT2D eigenvalue weighted by atomic mass is 35.5. The van der Waals surface area contributed by atoms with E-state index in [2.05, 4.69) is 10.3 Å². The van der Waals surface area contributed by atoms with Crippen molar-refractivity contribution in [3.05, 3.63) is 76.5 Å². The summed E-state index contributed by atoms with van der Waals surface area (Å²) in [5.74, 6) is -0.169. The summed E-state index contributed by atoms with van der Waals surface area (Å²) in [6, 6.07) is 14.5. The molecular formula is C18H15Cl2N3OS. The first kappa shape index (κ1) is 17.9. The summed E-state index contributed by atoms with van der Waals surface area (Å²) in [5.41, 5.74) is 1.45. The molecule has 0 unspecified atom stereocenters. The molecule has 0 saturated heterocycles. The third kappa shape index (κ3) is 4.57. The maximum absolute atomic E-state index is 12.9. The number of hydrogen-bond acceptors (Lipinski definition) is 3. The van der Waals surface area contributed by atoms with E-state index in [1.807, 2.05) is 48.1 Å². The van der Waals surface area contributed by atoms with Gasteiger partial charge >= 0.3 is 0 Å². The van der Waals surface area contributed by atoms with Gasteiger partial charge in [-0.2, -0.15) is 0 Å². The van der Waals surface area contributed by atoms with Gasteiger partial charge in [-0.3, -0.25) is 4.79 Å². The van der Waals surface area contributed by atoms with Crippen LogP contribution in [0, 0.1) is 0 Å². The monoisotopic (exact) mass is 391 g/mol. The molecule has 0 radical (unpaired) electrons. The molecule has 0 fully saturated rings. The van der Waals surface area contributed by atoms with E-state index in [1.165, 1.54) is 11.8 Å². The van der Waals surface area contributed by atoms with Gasteiger partial charge in [0, 0.05) is 35.2 Å². The maximum Gasteiger partial charge on any atom is 0.242 e. The number of imidazole rings is 1. The van der Waals surface area contributed by atoms with Crippen LogP contribution >= 0.6 is 35.0 Å². The number of aryl methyl sites for hydroxylation is 1. The van der Waals surface area contributed by atoms with E-state index in [4.69, 9.17) is 23.2 Å². The highest BCUT2D eigenvalue weighted by molar-refractivity contribution is 8.00. The zero-order valence-corrected chi connectivity index (χ0v) is 15.6. The molecule has 1 aromatic heterocycles. The van der Waals surface area contributed by atoms with E-state index in [1.54, 1.807) is 24.4 Å². The maximum atomic E-state index is 12.9. The van der Waals surface area contributed by atoms with Crippen LogP contribution in [-0.2, 0) is 11.8 Å². The van der Waals surface area contributed by atoms with Gasteiger partial charge < -0.3 is 9.88 Å². The molecule has 1 heterocycles. The predicted octanol–water partition coefficient (Wildman–Crippen LogP) is 5.20. The third-order valence-corrected chi connectivity index (χ3v) is 5.23. The van der Waals surface area contributed by atoms with Gasteiger partial charge in [-0.1, -0.05) is 65.3 Å². The van der Waals surface area contributed by atoms with E-state index < -0.39 is 5.25 Å².